The molecule has 114 valence electrons. The predicted octanol–water partition coefficient (Wildman–Crippen LogP) is 1.11. The minimum absolute atomic E-state index is 0.00343. The average molecular weight is 320 g/mol. The topological polar surface area (TPSA) is 98.5 Å². The van der Waals surface area contributed by atoms with Crippen molar-refractivity contribution >= 4 is 27.3 Å². The van der Waals surface area contributed by atoms with Crippen LogP contribution in [0.15, 0.2) is 11.0 Å². The first kappa shape index (κ1) is 17.1. The zero-order valence-electron chi connectivity index (χ0n) is 11.8. The summed E-state index contributed by atoms with van der Waals surface area (Å²) in [5, 5.41) is 7.74. The van der Waals surface area contributed by atoms with Crippen LogP contribution < -0.4 is 10.5 Å². The van der Waals surface area contributed by atoms with Gasteiger partial charge in [0.25, 0.3) is 5.91 Å². The lowest BCUT2D eigenvalue weighted by Crippen LogP contribution is -2.27. The molecule has 0 fully saturated rings. The summed E-state index contributed by atoms with van der Waals surface area (Å²) in [5.74, 6) is 0.129. The normalized spacial score (nSPS) is 11.8. The number of aryl methyl sites for hydroxylation is 1. The second-order valence-electron chi connectivity index (χ2n) is 4.80. The van der Waals surface area contributed by atoms with E-state index in [1.807, 2.05) is 13.8 Å². The van der Waals surface area contributed by atoms with Crippen LogP contribution in [0.3, 0.4) is 0 Å². The van der Waals surface area contributed by atoms with Gasteiger partial charge < -0.3 is 10.1 Å². The zero-order valence-corrected chi connectivity index (χ0v) is 13.4. The van der Waals surface area contributed by atoms with Crippen LogP contribution in [-0.2, 0) is 14.8 Å². The molecule has 8 heteroatoms. The Labute approximate surface area is 123 Å². The number of rotatable bonds is 7. The molecule has 3 N–H and O–H groups in total. The Hall–Kier alpha value is -0.960. The van der Waals surface area contributed by atoms with E-state index >= 15 is 0 Å². The molecule has 20 heavy (non-hydrogen) atoms. The smallest absolute Gasteiger partial charge is 0.261 e. The van der Waals surface area contributed by atoms with Gasteiger partial charge in [-0.05, 0) is 18.9 Å². The van der Waals surface area contributed by atoms with E-state index in [9.17, 15) is 13.2 Å². The third-order valence-electron chi connectivity index (χ3n) is 2.39. The highest BCUT2D eigenvalue weighted by atomic mass is 32.2. The molecule has 0 unspecified atom stereocenters. The SMILES string of the molecule is Cc1sc(C(=O)NCCOCC(C)C)cc1S(N)(=O)=O. The van der Waals surface area contributed by atoms with Crippen LogP contribution >= 0.6 is 11.3 Å². The molecule has 0 aliphatic heterocycles. The number of carbonyl (C=O) groups excluding carboxylic acids is 1. The predicted molar refractivity (Wildman–Crippen MR) is 78.4 cm³/mol. The van der Waals surface area contributed by atoms with Gasteiger partial charge in [0.2, 0.25) is 10.0 Å². The maximum Gasteiger partial charge on any atom is 0.261 e. The van der Waals surface area contributed by atoms with Gasteiger partial charge in [-0.3, -0.25) is 4.79 Å². The first-order valence-corrected chi connectivity index (χ1v) is 8.57. The number of sulfonamides is 1. The van der Waals surface area contributed by atoms with Crippen LogP contribution in [0.1, 0.15) is 28.4 Å². The summed E-state index contributed by atoms with van der Waals surface area (Å²) in [6.45, 7) is 7.16. The van der Waals surface area contributed by atoms with Gasteiger partial charge in [0.15, 0.2) is 0 Å². The summed E-state index contributed by atoms with van der Waals surface area (Å²) in [7, 11) is -3.78. The van der Waals surface area contributed by atoms with E-state index in [1.54, 1.807) is 6.92 Å². The van der Waals surface area contributed by atoms with E-state index in [0.29, 0.717) is 35.4 Å². The fourth-order valence-corrected chi connectivity index (χ4v) is 3.56. The van der Waals surface area contributed by atoms with Crippen molar-refractivity contribution in [2.45, 2.75) is 25.7 Å². The number of primary sulfonamides is 1. The molecule has 1 rings (SSSR count). The lowest BCUT2D eigenvalue weighted by molar-refractivity contribution is 0.0889. The number of hydrogen-bond donors (Lipinski definition) is 2. The van der Waals surface area contributed by atoms with Gasteiger partial charge in [-0.1, -0.05) is 13.8 Å². The molecule has 1 heterocycles. The highest BCUT2D eigenvalue weighted by molar-refractivity contribution is 7.89. The molecule has 0 bridgehead atoms. The van der Waals surface area contributed by atoms with Gasteiger partial charge in [-0.25, -0.2) is 13.6 Å². The largest absolute Gasteiger partial charge is 0.379 e. The maximum absolute atomic E-state index is 11.8. The molecular weight excluding hydrogens is 300 g/mol. The molecule has 6 nitrogen and oxygen atoms in total. The second kappa shape index (κ2) is 7.16. The average Bonchev–Trinajstić information content (AvgIpc) is 2.70. The van der Waals surface area contributed by atoms with E-state index in [1.165, 1.54) is 6.07 Å². The Morgan fingerprint density at radius 1 is 1.50 bits per heavy atom. The highest BCUT2D eigenvalue weighted by Gasteiger charge is 2.18. The first-order chi connectivity index (χ1) is 9.21. The summed E-state index contributed by atoms with van der Waals surface area (Å²) in [6.07, 6.45) is 0. The van der Waals surface area contributed by atoms with E-state index in [4.69, 9.17) is 9.88 Å². The summed E-state index contributed by atoms with van der Waals surface area (Å²) >= 11 is 1.11. The van der Waals surface area contributed by atoms with Crippen molar-refractivity contribution < 1.29 is 17.9 Å². The first-order valence-electron chi connectivity index (χ1n) is 6.21. The van der Waals surface area contributed by atoms with Gasteiger partial charge in [0.1, 0.15) is 0 Å². The molecule has 1 aromatic heterocycles. The number of nitrogens with two attached hydrogens (primary N) is 1. The van der Waals surface area contributed by atoms with Crippen molar-refractivity contribution in [1.82, 2.24) is 5.32 Å². The van der Waals surface area contributed by atoms with Crippen LogP contribution in [0.25, 0.3) is 0 Å². The standard InChI is InChI=1S/C12H20N2O4S2/c1-8(2)7-18-5-4-14-12(15)10-6-11(9(3)19-10)20(13,16)17/h6,8H,4-5,7H2,1-3H3,(H,14,15)(H2,13,16,17). The van der Waals surface area contributed by atoms with Crippen molar-refractivity contribution in [3.05, 3.63) is 15.8 Å². The summed E-state index contributed by atoms with van der Waals surface area (Å²) in [6, 6.07) is 1.31. The Morgan fingerprint density at radius 3 is 2.65 bits per heavy atom. The summed E-state index contributed by atoms with van der Waals surface area (Å²) < 4.78 is 27.9. The molecule has 0 atom stereocenters. The van der Waals surface area contributed by atoms with Gasteiger partial charge in [0, 0.05) is 18.0 Å². The third-order valence-corrected chi connectivity index (χ3v) is 4.60. The monoisotopic (exact) mass is 320 g/mol. The Kier molecular flexibility index (Phi) is 6.12. The van der Waals surface area contributed by atoms with E-state index < -0.39 is 10.0 Å². The van der Waals surface area contributed by atoms with Crippen molar-refractivity contribution in [2.24, 2.45) is 11.1 Å². The number of ether oxygens (including phenoxy) is 1. The molecule has 0 saturated heterocycles. The van der Waals surface area contributed by atoms with Gasteiger partial charge >= 0.3 is 0 Å². The Balaban J connectivity index is 2.53. The van der Waals surface area contributed by atoms with Gasteiger partial charge in [-0.2, -0.15) is 0 Å². The van der Waals surface area contributed by atoms with E-state index in [2.05, 4.69) is 5.32 Å². The minimum atomic E-state index is -3.78. The van der Waals surface area contributed by atoms with Crippen molar-refractivity contribution in [3.8, 4) is 0 Å². The van der Waals surface area contributed by atoms with Gasteiger partial charge in [0.05, 0.1) is 16.4 Å². The number of amides is 1. The molecule has 0 aromatic carbocycles. The van der Waals surface area contributed by atoms with Crippen LogP contribution in [-0.4, -0.2) is 34.1 Å². The van der Waals surface area contributed by atoms with Crippen LogP contribution in [0, 0.1) is 12.8 Å². The molecule has 0 aliphatic rings. The fourth-order valence-electron chi connectivity index (χ4n) is 1.50. The van der Waals surface area contributed by atoms with Gasteiger partial charge in [-0.15, -0.1) is 11.3 Å². The van der Waals surface area contributed by atoms with Crippen LogP contribution in [0.4, 0.5) is 0 Å². The molecule has 1 amide bonds. The maximum atomic E-state index is 11.8. The number of carbonyl (C=O) groups is 1. The molecule has 1 aromatic rings. The zero-order chi connectivity index (χ0) is 15.3. The lowest BCUT2D eigenvalue weighted by atomic mass is 10.2. The lowest BCUT2D eigenvalue weighted by Gasteiger charge is -2.07. The molecule has 0 radical (unpaired) electrons. The number of hydrogen-bond acceptors (Lipinski definition) is 5. The van der Waals surface area contributed by atoms with E-state index in [0.717, 1.165) is 11.3 Å². The van der Waals surface area contributed by atoms with Crippen molar-refractivity contribution in [3.63, 3.8) is 0 Å². The summed E-state index contributed by atoms with van der Waals surface area (Å²) in [5.41, 5.74) is 0. The Morgan fingerprint density at radius 2 is 2.15 bits per heavy atom. The molecular formula is C12H20N2O4S2. The highest BCUT2D eigenvalue weighted by Crippen LogP contribution is 2.24. The fraction of sp³-hybridized carbons (Fsp3) is 0.583. The number of nitrogens with one attached hydrogen (secondary N) is 1. The quantitative estimate of drug-likeness (QED) is 0.735. The molecule has 0 saturated carbocycles. The van der Waals surface area contributed by atoms with Crippen LogP contribution in [0.5, 0.6) is 0 Å². The van der Waals surface area contributed by atoms with Crippen LogP contribution in [0.2, 0.25) is 0 Å². The van der Waals surface area contributed by atoms with Crippen molar-refractivity contribution in [2.75, 3.05) is 19.8 Å². The minimum Gasteiger partial charge on any atom is -0.379 e. The molecule has 0 aliphatic carbocycles. The third kappa shape index (κ3) is 5.20. The van der Waals surface area contributed by atoms with E-state index in [-0.39, 0.29) is 10.8 Å². The second-order valence-corrected chi connectivity index (χ2v) is 7.59. The Bertz CT molecular complexity index is 564. The van der Waals surface area contributed by atoms with Crippen molar-refractivity contribution in [1.29, 1.82) is 0 Å². The summed E-state index contributed by atoms with van der Waals surface area (Å²) in [4.78, 5) is 12.7. The number of thiophene rings is 1. The molecule has 0 spiro atoms.